The van der Waals surface area contributed by atoms with Crippen LogP contribution < -0.4 is 10.3 Å². The van der Waals surface area contributed by atoms with Gasteiger partial charge in [-0.2, -0.15) is 0 Å². The lowest BCUT2D eigenvalue weighted by Crippen LogP contribution is -2.07. The zero-order valence-corrected chi connectivity index (χ0v) is 11.6. The molecule has 0 bridgehead atoms. The lowest BCUT2D eigenvalue weighted by Gasteiger charge is -2.13. The SMILES string of the molecule is CCCCc1ccccc1ONc1ccccc1C. The van der Waals surface area contributed by atoms with Crippen LogP contribution in [0.15, 0.2) is 48.5 Å². The summed E-state index contributed by atoms with van der Waals surface area (Å²) in [5, 5.41) is 0. The highest BCUT2D eigenvalue weighted by Crippen LogP contribution is 2.21. The first kappa shape index (κ1) is 13.5. The van der Waals surface area contributed by atoms with E-state index in [9.17, 15) is 0 Å². The van der Waals surface area contributed by atoms with Gasteiger partial charge >= 0.3 is 0 Å². The fraction of sp³-hybridized carbons (Fsp3) is 0.294. The summed E-state index contributed by atoms with van der Waals surface area (Å²) in [5.74, 6) is 0.916. The Bertz CT molecular complexity index is 522. The highest BCUT2D eigenvalue weighted by Gasteiger charge is 2.03. The number of aryl methyl sites for hydroxylation is 2. The van der Waals surface area contributed by atoms with E-state index in [1.807, 2.05) is 30.3 Å². The standard InChI is InChI=1S/C17H21NO/c1-3-4-10-15-11-6-8-13-17(15)19-18-16-12-7-5-9-14(16)2/h5-9,11-13,18H,3-4,10H2,1-2H3. The molecule has 0 spiro atoms. The van der Waals surface area contributed by atoms with E-state index < -0.39 is 0 Å². The summed E-state index contributed by atoms with van der Waals surface area (Å²) in [6.07, 6.45) is 3.44. The van der Waals surface area contributed by atoms with Crippen molar-refractivity contribution < 1.29 is 4.84 Å². The smallest absolute Gasteiger partial charge is 0.158 e. The third-order valence-corrected chi connectivity index (χ3v) is 3.19. The molecule has 2 aromatic rings. The van der Waals surface area contributed by atoms with E-state index in [1.54, 1.807) is 0 Å². The first-order chi connectivity index (χ1) is 9.31. The van der Waals surface area contributed by atoms with Gasteiger partial charge < -0.3 is 4.84 Å². The van der Waals surface area contributed by atoms with Crippen molar-refractivity contribution in [2.24, 2.45) is 0 Å². The Hall–Kier alpha value is -1.96. The van der Waals surface area contributed by atoms with Crippen molar-refractivity contribution in [1.82, 2.24) is 0 Å². The number of hydrogen-bond donors (Lipinski definition) is 1. The fourth-order valence-electron chi connectivity index (χ4n) is 1.97. The first-order valence-electron chi connectivity index (χ1n) is 6.87. The van der Waals surface area contributed by atoms with E-state index in [0.717, 1.165) is 17.9 Å². The number of unbranched alkanes of at least 4 members (excludes halogenated alkanes) is 1. The molecule has 0 aliphatic heterocycles. The van der Waals surface area contributed by atoms with Gasteiger partial charge in [0, 0.05) is 0 Å². The molecule has 0 saturated carbocycles. The maximum absolute atomic E-state index is 5.75. The molecule has 2 aromatic carbocycles. The highest BCUT2D eigenvalue weighted by atomic mass is 16.6. The summed E-state index contributed by atoms with van der Waals surface area (Å²) in [7, 11) is 0. The molecule has 0 atom stereocenters. The molecule has 19 heavy (non-hydrogen) atoms. The van der Waals surface area contributed by atoms with Crippen LogP contribution >= 0.6 is 0 Å². The first-order valence-corrected chi connectivity index (χ1v) is 6.87. The molecular formula is C17H21NO. The van der Waals surface area contributed by atoms with Crippen LogP contribution in [0.25, 0.3) is 0 Å². The van der Waals surface area contributed by atoms with Gasteiger partial charge in [-0.1, -0.05) is 49.7 Å². The van der Waals surface area contributed by atoms with Gasteiger partial charge in [0.1, 0.15) is 0 Å². The predicted molar refractivity (Wildman–Crippen MR) is 80.5 cm³/mol. The Morgan fingerprint density at radius 2 is 1.74 bits per heavy atom. The van der Waals surface area contributed by atoms with Crippen LogP contribution in [0.5, 0.6) is 5.75 Å². The topological polar surface area (TPSA) is 21.3 Å². The summed E-state index contributed by atoms with van der Waals surface area (Å²) in [4.78, 5) is 5.75. The maximum atomic E-state index is 5.75. The molecule has 2 heteroatoms. The monoisotopic (exact) mass is 255 g/mol. The van der Waals surface area contributed by atoms with Gasteiger partial charge in [-0.15, -0.1) is 0 Å². The summed E-state index contributed by atoms with van der Waals surface area (Å²) >= 11 is 0. The number of anilines is 1. The molecule has 0 heterocycles. The van der Waals surface area contributed by atoms with E-state index in [1.165, 1.54) is 24.0 Å². The van der Waals surface area contributed by atoms with Crippen molar-refractivity contribution >= 4 is 5.69 Å². The zero-order chi connectivity index (χ0) is 13.5. The molecule has 0 fully saturated rings. The second-order valence-corrected chi connectivity index (χ2v) is 4.73. The Labute approximate surface area is 115 Å². The minimum absolute atomic E-state index is 0.916. The molecule has 100 valence electrons. The van der Waals surface area contributed by atoms with Crippen molar-refractivity contribution in [3.8, 4) is 5.75 Å². The summed E-state index contributed by atoms with van der Waals surface area (Å²) < 4.78 is 0. The molecule has 0 unspecified atom stereocenters. The lowest BCUT2D eigenvalue weighted by atomic mass is 10.1. The van der Waals surface area contributed by atoms with E-state index in [2.05, 4.69) is 37.5 Å². The second kappa shape index (κ2) is 6.83. The van der Waals surface area contributed by atoms with Crippen LogP contribution in [-0.2, 0) is 6.42 Å². The third-order valence-electron chi connectivity index (χ3n) is 3.19. The van der Waals surface area contributed by atoms with Gasteiger partial charge in [0.15, 0.2) is 5.75 Å². The molecular weight excluding hydrogens is 234 g/mol. The zero-order valence-electron chi connectivity index (χ0n) is 11.6. The van der Waals surface area contributed by atoms with Crippen molar-refractivity contribution in [2.45, 2.75) is 33.1 Å². The van der Waals surface area contributed by atoms with Crippen molar-refractivity contribution in [3.63, 3.8) is 0 Å². The van der Waals surface area contributed by atoms with Crippen LogP contribution in [-0.4, -0.2) is 0 Å². The van der Waals surface area contributed by atoms with Crippen LogP contribution in [0.4, 0.5) is 5.69 Å². The van der Waals surface area contributed by atoms with Gasteiger partial charge in [-0.3, -0.25) is 0 Å². The summed E-state index contributed by atoms with van der Waals surface area (Å²) in [5.41, 5.74) is 6.48. The molecule has 1 N–H and O–H groups in total. The van der Waals surface area contributed by atoms with E-state index >= 15 is 0 Å². The average molecular weight is 255 g/mol. The van der Waals surface area contributed by atoms with Gasteiger partial charge in [-0.25, -0.2) is 5.48 Å². The van der Waals surface area contributed by atoms with Crippen LogP contribution in [0.3, 0.4) is 0 Å². The van der Waals surface area contributed by atoms with Crippen molar-refractivity contribution in [3.05, 3.63) is 59.7 Å². The van der Waals surface area contributed by atoms with Gasteiger partial charge in [-0.05, 0) is 43.0 Å². The molecule has 0 amide bonds. The van der Waals surface area contributed by atoms with Gasteiger partial charge in [0.05, 0.1) is 5.69 Å². The molecule has 0 saturated heterocycles. The summed E-state index contributed by atoms with van der Waals surface area (Å²) in [6.45, 7) is 4.27. The minimum atomic E-state index is 0.916. The molecule has 0 aromatic heterocycles. The van der Waals surface area contributed by atoms with E-state index in [4.69, 9.17) is 4.84 Å². The predicted octanol–water partition coefficient (Wildman–Crippen LogP) is 4.74. The van der Waals surface area contributed by atoms with Crippen molar-refractivity contribution in [1.29, 1.82) is 0 Å². The number of rotatable bonds is 6. The van der Waals surface area contributed by atoms with Crippen LogP contribution in [0, 0.1) is 6.92 Å². The molecule has 0 radical (unpaired) electrons. The van der Waals surface area contributed by atoms with E-state index in [0.29, 0.717) is 0 Å². The fourth-order valence-corrected chi connectivity index (χ4v) is 1.97. The van der Waals surface area contributed by atoms with Gasteiger partial charge in [0.25, 0.3) is 0 Å². The highest BCUT2D eigenvalue weighted by molar-refractivity contribution is 5.49. The molecule has 2 rings (SSSR count). The Kier molecular flexibility index (Phi) is 4.85. The molecule has 2 nitrogen and oxygen atoms in total. The summed E-state index contributed by atoms with van der Waals surface area (Å²) in [6, 6.07) is 16.3. The largest absolute Gasteiger partial charge is 0.382 e. The molecule has 0 aliphatic rings. The lowest BCUT2D eigenvalue weighted by molar-refractivity contribution is 0.399. The van der Waals surface area contributed by atoms with Gasteiger partial charge in [0.2, 0.25) is 0 Å². The number of benzene rings is 2. The Morgan fingerprint density at radius 3 is 2.53 bits per heavy atom. The second-order valence-electron chi connectivity index (χ2n) is 4.73. The maximum Gasteiger partial charge on any atom is 0.158 e. The average Bonchev–Trinajstić information content (AvgIpc) is 2.45. The normalized spacial score (nSPS) is 10.2. The Balaban J connectivity index is 2.05. The van der Waals surface area contributed by atoms with Crippen LogP contribution in [0.2, 0.25) is 0 Å². The number of hydrogen-bond acceptors (Lipinski definition) is 2. The molecule has 0 aliphatic carbocycles. The van der Waals surface area contributed by atoms with E-state index in [-0.39, 0.29) is 0 Å². The van der Waals surface area contributed by atoms with Crippen molar-refractivity contribution in [2.75, 3.05) is 5.48 Å². The quantitative estimate of drug-likeness (QED) is 0.752. The minimum Gasteiger partial charge on any atom is -0.382 e. The third kappa shape index (κ3) is 3.75. The van der Waals surface area contributed by atoms with Crippen LogP contribution in [0.1, 0.15) is 30.9 Å². The Morgan fingerprint density at radius 1 is 1.00 bits per heavy atom. The number of para-hydroxylation sites is 2. The number of nitrogens with one attached hydrogen (secondary N) is 1.